The molecule has 0 spiro atoms. The highest BCUT2D eigenvalue weighted by atomic mass is 16.2. The van der Waals surface area contributed by atoms with Gasteiger partial charge in [0, 0.05) is 18.8 Å². The molecule has 0 radical (unpaired) electrons. The van der Waals surface area contributed by atoms with Crippen LogP contribution >= 0.6 is 0 Å². The Kier molecular flexibility index (Phi) is 4.04. The van der Waals surface area contributed by atoms with Crippen LogP contribution in [-0.4, -0.2) is 36.2 Å². The van der Waals surface area contributed by atoms with Crippen molar-refractivity contribution in [1.82, 2.24) is 24.4 Å². The van der Waals surface area contributed by atoms with E-state index in [4.69, 9.17) is 0 Å². The zero-order valence-electron chi connectivity index (χ0n) is 15.5. The molecule has 4 heterocycles. The minimum atomic E-state index is -0.598. The molecule has 3 aromatic rings. The van der Waals surface area contributed by atoms with Crippen LogP contribution in [0.3, 0.4) is 0 Å². The Hall–Kier alpha value is -3.68. The summed E-state index contributed by atoms with van der Waals surface area (Å²) in [4.78, 5) is 52.9. The summed E-state index contributed by atoms with van der Waals surface area (Å²) in [5, 5.41) is 0. The fourth-order valence-electron chi connectivity index (χ4n) is 4.05. The molecular weight excluding hydrogens is 370 g/mol. The van der Waals surface area contributed by atoms with Gasteiger partial charge in [-0.25, -0.2) is 15.0 Å². The monoisotopic (exact) mass is 387 g/mol. The third kappa shape index (κ3) is 2.75. The van der Waals surface area contributed by atoms with Crippen LogP contribution in [0.1, 0.15) is 51.8 Å². The van der Waals surface area contributed by atoms with Crippen molar-refractivity contribution in [2.45, 2.75) is 31.8 Å². The molecule has 0 fully saturated rings. The van der Waals surface area contributed by atoms with E-state index in [0.29, 0.717) is 41.3 Å². The second kappa shape index (κ2) is 6.73. The number of rotatable bonds is 2. The number of imide groups is 1. The van der Waals surface area contributed by atoms with Crippen LogP contribution < -0.4 is 5.56 Å². The number of nitrogens with zero attached hydrogens (tertiary/aromatic N) is 5. The Labute approximate surface area is 165 Å². The lowest BCUT2D eigenvalue weighted by Gasteiger charge is -2.26. The van der Waals surface area contributed by atoms with Crippen molar-refractivity contribution in [3.05, 3.63) is 76.2 Å². The van der Waals surface area contributed by atoms with Crippen LogP contribution in [0, 0.1) is 0 Å². The minimum Gasteiger partial charge on any atom is -0.295 e. The first-order valence-corrected chi connectivity index (χ1v) is 9.50. The quantitative estimate of drug-likeness (QED) is 0.626. The molecule has 0 N–H and O–H groups in total. The summed E-state index contributed by atoms with van der Waals surface area (Å²) >= 11 is 0. The van der Waals surface area contributed by atoms with E-state index in [9.17, 15) is 14.4 Å². The molecule has 2 aliphatic heterocycles. The Morgan fingerprint density at radius 2 is 1.69 bits per heavy atom. The predicted octanol–water partition coefficient (Wildman–Crippen LogP) is 2.22. The van der Waals surface area contributed by atoms with Crippen LogP contribution in [0.4, 0.5) is 0 Å². The van der Waals surface area contributed by atoms with E-state index < -0.39 is 6.04 Å². The summed E-state index contributed by atoms with van der Waals surface area (Å²) in [7, 11) is 0. The minimum absolute atomic E-state index is 0.216. The molecule has 1 aromatic carbocycles. The van der Waals surface area contributed by atoms with Crippen molar-refractivity contribution in [3.8, 4) is 11.4 Å². The molecule has 0 saturated heterocycles. The van der Waals surface area contributed by atoms with Crippen molar-refractivity contribution in [2.24, 2.45) is 0 Å². The Bertz CT molecular complexity index is 1150. The highest BCUT2D eigenvalue weighted by molar-refractivity contribution is 6.21. The van der Waals surface area contributed by atoms with Crippen LogP contribution in [0.25, 0.3) is 11.4 Å². The zero-order valence-corrected chi connectivity index (χ0v) is 15.5. The average Bonchev–Trinajstić information content (AvgIpc) is 2.89. The summed E-state index contributed by atoms with van der Waals surface area (Å²) in [5.74, 6) is -0.255. The number of carbonyl (C=O) groups is 2. The third-order valence-corrected chi connectivity index (χ3v) is 5.43. The Balaban J connectivity index is 1.66. The first kappa shape index (κ1) is 17.4. The van der Waals surface area contributed by atoms with E-state index in [1.165, 1.54) is 17.3 Å². The Morgan fingerprint density at radius 1 is 0.931 bits per heavy atom. The molecule has 2 aliphatic rings. The van der Waals surface area contributed by atoms with Gasteiger partial charge >= 0.3 is 0 Å². The van der Waals surface area contributed by atoms with Gasteiger partial charge in [-0.3, -0.25) is 23.9 Å². The molecule has 8 nitrogen and oxygen atoms in total. The second-order valence-corrected chi connectivity index (χ2v) is 7.12. The number of amides is 2. The summed E-state index contributed by atoms with van der Waals surface area (Å²) in [6, 6.07) is 9.31. The summed E-state index contributed by atoms with van der Waals surface area (Å²) in [6.07, 6.45) is 5.09. The molecule has 29 heavy (non-hydrogen) atoms. The number of hydrogen-bond acceptors (Lipinski definition) is 6. The average molecular weight is 387 g/mol. The third-order valence-electron chi connectivity index (χ3n) is 5.43. The zero-order chi connectivity index (χ0) is 20.0. The van der Waals surface area contributed by atoms with Crippen LogP contribution in [0.15, 0.2) is 53.7 Å². The van der Waals surface area contributed by atoms with Gasteiger partial charge in [0.25, 0.3) is 17.4 Å². The van der Waals surface area contributed by atoms with Gasteiger partial charge in [-0.1, -0.05) is 12.1 Å². The lowest BCUT2D eigenvalue weighted by molar-refractivity contribution is 0.0565. The molecule has 2 aromatic heterocycles. The number of aromatic nitrogens is 4. The number of benzene rings is 1. The molecule has 0 aliphatic carbocycles. The predicted molar refractivity (Wildman–Crippen MR) is 103 cm³/mol. The topological polar surface area (TPSA) is 98.1 Å². The van der Waals surface area contributed by atoms with E-state index >= 15 is 0 Å². The summed E-state index contributed by atoms with van der Waals surface area (Å²) < 4.78 is 1.58. The lowest BCUT2D eigenvalue weighted by atomic mass is 10.1. The van der Waals surface area contributed by atoms with Crippen LogP contribution in [0.5, 0.6) is 0 Å². The maximum Gasteiger partial charge on any atom is 0.262 e. The number of carbonyl (C=O) groups excluding carboxylic acids is 2. The highest BCUT2D eigenvalue weighted by Gasteiger charge is 2.42. The maximum absolute atomic E-state index is 13.0. The number of hydrogen-bond donors (Lipinski definition) is 0. The highest BCUT2D eigenvalue weighted by Crippen LogP contribution is 2.35. The molecule has 1 unspecified atom stereocenters. The van der Waals surface area contributed by atoms with E-state index in [2.05, 4.69) is 15.0 Å². The van der Waals surface area contributed by atoms with Gasteiger partial charge in [0.15, 0.2) is 0 Å². The normalized spacial score (nSPS) is 18.3. The van der Waals surface area contributed by atoms with Crippen molar-refractivity contribution in [2.75, 3.05) is 0 Å². The second-order valence-electron chi connectivity index (χ2n) is 7.12. The molecular formula is C21H17N5O3. The molecule has 2 amide bonds. The molecule has 144 valence electrons. The van der Waals surface area contributed by atoms with Gasteiger partial charge in [0.1, 0.15) is 12.2 Å². The van der Waals surface area contributed by atoms with Crippen LogP contribution in [0.2, 0.25) is 0 Å². The first-order chi connectivity index (χ1) is 14.1. The van der Waals surface area contributed by atoms with E-state index in [0.717, 1.165) is 12.8 Å². The lowest BCUT2D eigenvalue weighted by Crippen LogP contribution is -2.37. The summed E-state index contributed by atoms with van der Waals surface area (Å²) in [6.45, 7) is 0.505. The van der Waals surface area contributed by atoms with Gasteiger partial charge in [0.2, 0.25) is 0 Å². The SMILES string of the molecule is O=C1c2ccccc2C(=O)N1C1CCCCn2c1nc(-c1ccncn1)cc2=O. The van der Waals surface area contributed by atoms with E-state index in [1.807, 2.05) is 0 Å². The van der Waals surface area contributed by atoms with Crippen molar-refractivity contribution in [3.63, 3.8) is 0 Å². The molecule has 8 heteroatoms. The molecule has 1 atom stereocenters. The van der Waals surface area contributed by atoms with Crippen LogP contribution in [-0.2, 0) is 6.54 Å². The van der Waals surface area contributed by atoms with Crippen molar-refractivity contribution < 1.29 is 9.59 Å². The van der Waals surface area contributed by atoms with Crippen molar-refractivity contribution >= 4 is 11.8 Å². The largest absolute Gasteiger partial charge is 0.295 e. The van der Waals surface area contributed by atoms with Gasteiger partial charge in [-0.05, 0) is 37.5 Å². The first-order valence-electron chi connectivity index (χ1n) is 9.50. The smallest absolute Gasteiger partial charge is 0.262 e. The molecule has 0 saturated carbocycles. The fourth-order valence-corrected chi connectivity index (χ4v) is 4.05. The standard InChI is InChI=1S/C21H17N5O3/c27-18-11-16(15-8-9-22-12-23-15)24-19-17(7-3-4-10-25(18)19)26-20(28)13-5-1-2-6-14(13)21(26)29/h1-2,5-6,8-9,11-12,17H,3-4,7,10H2. The van der Waals surface area contributed by atoms with Gasteiger partial charge in [0.05, 0.1) is 28.6 Å². The summed E-state index contributed by atoms with van der Waals surface area (Å²) in [5.41, 5.74) is 1.50. The molecule has 0 bridgehead atoms. The number of fused-ring (bicyclic) bond motifs is 2. The Morgan fingerprint density at radius 3 is 2.38 bits per heavy atom. The van der Waals surface area contributed by atoms with Gasteiger partial charge in [-0.2, -0.15) is 0 Å². The maximum atomic E-state index is 13.0. The van der Waals surface area contributed by atoms with Gasteiger partial charge in [-0.15, -0.1) is 0 Å². The van der Waals surface area contributed by atoms with Crippen molar-refractivity contribution in [1.29, 1.82) is 0 Å². The van der Waals surface area contributed by atoms with E-state index in [1.54, 1.807) is 41.1 Å². The molecule has 5 rings (SSSR count). The van der Waals surface area contributed by atoms with Gasteiger partial charge < -0.3 is 0 Å². The fraction of sp³-hybridized carbons (Fsp3) is 0.238. The van der Waals surface area contributed by atoms with E-state index in [-0.39, 0.29) is 17.4 Å².